The molecule has 32 heavy (non-hydrogen) atoms. The third-order valence-electron chi connectivity index (χ3n) is 6.80. The smallest absolute Gasteiger partial charge is 0.261 e. The first-order valence-electron chi connectivity index (χ1n) is 11.4. The maximum absolute atomic E-state index is 14.6. The van der Waals surface area contributed by atoms with Gasteiger partial charge in [0.05, 0.1) is 16.8 Å². The number of para-hydroxylation sites is 1. The van der Waals surface area contributed by atoms with Crippen molar-refractivity contribution >= 4 is 29.1 Å². The Balaban J connectivity index is 1.40. The average molecular weight is 435 g/mol. The molecular weight excluding hydrogens is 409 g/mol. The van der Waals surface area contributed by atoms with Crippen molar-refractivity contribution in [2.24, 2.45) is 0 Å². The van der Waals surface area contributed by atoms with Crippen molar-refractivity contribution in [1.29, 1.82) is 0 Å². The Morgan fingerprint density at radius 1 is 0.906 bits per heavy atom. The topological polar surface area (TPSA) is 69.7 Å². The van der Waals surface area contributed by atoms with Gasteiger partial charge in [0, 0.05) is 24.7 Å². The number of halogens is 1. The summed E-state index contributed by atoms with van der Waals surface area (Å²) in [6.45, 7) is 1.64. The molecule has 3 amide bonds. The quantitative estimate of drug-likeness (QED) is 0.713. The maximum atomic E-state index is 14.6. The minimum Gasteiger partial charge on any atom is -0.370 e. The van der Waals surface area contributed by atoms with Crippen LogP contribution in [0.3, 0.4) is 0 Å². The summed E-state index contributed by atoms with van der Waals surface area (Å²) in [7, 11) is 0. The van der Waals surface area contributed by atoms with E-state index in [4.69, 9.17) is 0 Å². The van der Waals surface area contributed by atoms with Crippen LogP contribution in [0.25, 0.3) is 0 Å². The van der Waals surface area contributed by atoms with Crippen molar-refractivity contribution in [3.05, 3.63) is 58.9 Å². The van der Waals surface area contributed by atoms with Crippen LogP contribution in [0, 0.1) is 5.82 Å². The van der Waals surface area contributed by atoms with Crippen LogP contribution in [0.15, 0.2) is 36.4 Å². The first-order valence-corrected chi connectivity index (χ1v) is 11.4. The molecule has 0 unspecified atom stereocenters. The molecule has 6 nitrogen and oxygen atoms in total. The molecule has 2 aromatic rings. The second-order valence-corrected chi connectivity index (χ2v) is 8.81. The van der Waals surface area contributed by atoms with Gasteiger partial charge in [-0.15, -0.1) is 0 Å². The molecule has 0 radical (unpaired) electrons. The highest BCUT2D eigenvalue weighted by Gasteiger charge is 2.40. The molecular formula is C25H26FN3O3. The Morgan fingerprint density at radius 2 is 1.62 bits per heavy atom. The number of carbonyl (C=O) groups excluding carboxylic acids is 3. The summed E-state index contributed by atoms with van der Waals surface area (Å²) in [4.78, 5) is 42.3. The van der Waals surface area contributed by atoms with Crippen molar-refractivity contribution in [2.75, 3.05) is 23.3 Å². The number of nitrogens with one attached hydrogen (secondary N) is 1. The zero-order chi connectivity index (χ0) is 22.2. The van der Waals surface area contributed by atoms with Crippen LogP contribution in [0.2, 0.25) is 0 Å². The number of anilines is 2. The number of amides is 3. The molecule has 2 aromatic carbocycles. The second kappa shape index (κ2) is 8.37. The molecule has 0 bridgehead atoms. The van der Waals surface area contributed by atoms with E-state index in [0.29, 0.717) is 11.3 Å². The van der Waals surface area contributed by atoms with Crippen LogP contribution in [0.5, 0.6) is 0 Å². The minimum absolute atomic E-state index is 0.0742. The first kappa shape index (κ1) is 20.7. The Bertz CT molecular complexity index is 1090. The summed E-state index contributed by atoms with van der Waals surface area (Å²) in [6.07, 6.45) is 6.85. The molecule has 1 N–H and O–H groups in total. The Labute approximate surface area is 186 Å². The molecule has 3 aliphatic rings. The highest BCUT2D eigenvalue weighted by molar-refractivity contribution is 6.22. The van der Waals surface area contributed by atoms with Crippen molar-refractivity contribution in [3.63, 3.8) is 0 Å². The summed E-state index contributed by atoms with van der Waals surface area (Å²) in [5.74, 6) is -1.63. The van der Waals surface area contributed by atoms with Gasteiger partial charge in [0.25, 0.3) is 17.7 Å². The number of rotatable bonds is 4. The molecule has 1 aliphatic carbocycles. The summed E-state index contributed by atoms with van der Waals surface area (Å²) in [6, 6.07) is 9.21. The van der Waals surface area contributed by atoms with Crippen LogP contribution in [0.1, 0.15) is 76.0 Å². The lowest BCUT2D eigenvalue weighted by molar-refractivity contribution is 0.0549. The van der Waals surface area contributed by atoms with E-state index < -0.39 is 11.7 Å². The van der Waals surface area contributed by atoms with Crippen LogP contribution in [0.4, 0.5) is 15.8 Å². The predicted molar refractivity (Wildman–Crippen MR) is 120 cm³/mol. The van der Waals surface area contributed by atoms with Gasteiger partial charge in [-0.2, -0.15) is 0 Å². The standard InChI is InChI=1S/C25H26FN3O3/c26-20-9-6-10-21(28-13-4-5-14-28)22(20)27-23(30)16-11-12-18-19(15-16)25(32)29(24(18)31)17-7-2-1-3-8-17/h6,9-12,15,17H,1-5,7-8,13-14H2,(H,27,30). The molecule has 0 aromatic heterocycles. The summed E-state index contributed by atoms with van der Waals surface area (Å²) >= 11 is 0. The van der Waals surface area contributed by atoms with Gasteiger partial charge < -0.3 is 10.2 Å². The van der Waals surface area contributed by atoms with Crippen LogP contribution in [-0.4, -0.2) is 41.8 Å². The van der Waals surface area contributed by atoms with Gasteiger partial charge in [0.1, 0.15) is 11.5 Å². The molecule has 0 atom stereocenters. The van der Waals surface area contributed by atoms with Gasteiger partial charge in [-0.05, 0) is 56.0 Å². The third-order valence-corrected chi connectivity index (χ3v) is 6.80. The molecule has 166 valence electrons. The average Bonchev–Trinajstić information content (AvgIpc) is 3.43. The van der Waals surface area contributed by atoms with E-state index in [9.17, 15) is 18.8 Å². The zero-order valence-corrected chi connectivity index (χ0v) is 17.9. The molecule has 7 heteroatoms. The molecule has 2 heterocycles. The number of fused-ring (bicyclic) bond motifs is 1. The van der Waals surface area contributed by atoms with E-state index in [0.717, 1.165) is 58.0 Å². The normalized spacial score (nSPS) is 18.9. The minimum atomic E-state index is -0.505. The fourth-order valence-electron chi connectivity index (χ4n) is 5.12. The number of hydrogen-bond acceptors (Lipinski definition) is 4. The van der Waals surface area contributed by atoms with Gasteiger partial charge in [0.15, 0.2) is 0 Å². The fourth-order valence-corrected chi connectivity index (χ4v) is 5.12. The Morgan fingerprint density at radius 3 is 2.38 bits per heavy atom. The van der Waals surface area contributed by atoms with E-state index in [2.05, 4.69) is 10.2 Å². The molecule has 2 aliphatic heterocycles. The summed E-state index contributed by atoms with van der Waals surface area (Å²) in [5, 5.41) is 2.70. The summed E-state index contributed by atoms with van der Waals surface area (Å²) < 4.78 is 14.6. The molecule has 5 rings (SSSR count). The monoisotopic (exact) mass is 435 g/mol. The van der Waals surface area contributed by atoms with Crippen LogP contribution >= 0.6 is 0 Å². The predicted octanol–water partition coefficient (Wildman–Crippen LogP) is 4.61. The number of hydrogen-bond donors (Lipinski definition) is 1. The summed E-state index contributed by atoms with van der Waals surface area (Å²) in [5.41, 5.74) is 1.62. The van der Waals surface area contributed by atoms with E-state index >= 15 is 0 Å². The maximum Gasteiger partial charge on any atom is 0.261 e. The lowest BCUT2D eigenvalue weighted by Crippen LogP contribution is -2.40. The molecule has 1 saturated heterocycles. The van der Waals surface area contributed by atoms with E-state index in [1.165, 1.54) is 29.2 Å². The lowest BCUT2D eigenvalue weighted by atomic mass is 9.94. The largest absolute Gasteiger partial charge is 0.370 e. The number of benzene rings is 2. The van der Waals surface area contributed by atoms with Crippen LogP contribution in [-0.2, 0) is 0 Å². The van der Waals surface area contributed by atoms with Crippen molar-refractivity contribution < 1.29 is 18.8 Å². The highest BCUT2D eigenvalue weighted by atomic mass is 19.1. The number of imide groups is 1. The Kier molecular flexibility index (Phi) is 5.41. The van der Waals surface area contributed by atoms with E-state index in [1.807, 2.05) is 0 Å². The zero-order valence-electron chi connectivity index (χ0n) is 17.9. The van der Waals surface area contributed by atoms with Crippen molar-refractivity contribution in [2.45, 2.75) is 51.0 Å². The molecule has 2 fully saturated rings. The molecule has 0 spiro atoms. The van der Waals surface area contributed by atoms with Crippen molar-refractivity contribution in [3.8, 4) is 0 Å². The lowest BCUT2D eigenvalue weighted by Gasteiger charge is -2.29. The molecule has 1 saturated carbocycles. The second-order valence-electron chi connectivity index (χ2n) is 8.81. The highest BCUT2D eigenvalue weighted by Crippen LogP contribution is 2.33. The first-order chi connectivity index (χ1) is 15.5. The van der Waals surface area contributed by atoms with Crippen LogP contribution < -0.4 is 10.2 Å². The number of carbonyl (C=O) groups is 3. The van der Waals surface area contributed by atoms with E-state index in [1.54, 1.807) is 12.1 Å². The van der Waals surface area contributed by atoms with Gasteiger partial charge in [0.2, 0.25) is 0 Å². The van der Waals surface area contributed by atoms with Gasteiger partial charge >= 0.3 is 0 Å². The van der Waals surface area contributed by atoms with Crippen molar-refractivity contribution in [1.82, 2.24) is 4.90 Å². The van der Waals surface area contributed by atoms with Gasteiger partial charge in [-0.1, -0.05) is 25.3 Å². The van der Waals surface area contributed by atoms with Gasteiger partial charge in [-0.25, -0.2) is 4.39 Å². The Hall–Kier alpha value is -3.22. The third kappa shape index (κ3) is 3.55. The van der Waals surface area contributed by atoms with E-state index in [-0.39, 0.29) is 34.7 Å². The fraction of sp³-hybridized carbons (Fsp3) is 0.400. The number of nitrogens with zero attached hydrogens (tertiary/aromatic N) is 2. The SMILES string of the molecule is O=C(Nc1c(F)cccc1N1CCCC1)c1ccc2c(c1)C(=O)N(C1CCCCC1)C2=O. The van der Waals surface area contributed by atoms with Gasteiger partial charge in [-0.3, -0.25) is 19.3 Å².